The number of halogens is 2. The van der Waals surface area contributed by atoms with Crippen molar-refractivity contribution in [3.63, 3.8) is 0 Å². The predicted octanol–water partition coefficient (Wildman–Crippen LogP) is 4.89. The summed E-state index contributed by atoms with van der Waals surface area (Å²) in [7, 11) is 1.81. The number of esters is 1. The van der Waals surface area contributed by atoms with Gasteiger partial charge in [0.05, 0.1) is 6.61 Å². The standard InChI is InChI=1S/C23H25Cl2N3O3/c1-3-31-23(30)21-15-17-14-18(6-9-20(17)27(21)2)26-22(29)16-4-7-19(8-5-16)28(12-10-24)13-11-25/h4-9,14-15H,3,10-13H2,1-2H3,(H,26,29). The smallest absolute Gasteiger partial charge is 0.354 e. The van der Waals surface area contributed by atoms with Crippen molar-refractivity contribution in [1.29, 1.82) is 0 Å². The lowest BCUT2D eigenvalue weighted by Crippen LogP contribution is -2.27. The number of aryl methyl sites for hydroxylation is 1. The average Bonchev–Trinajstić information content (AvgIpc) is 3.10. The minimum absolute atomic E-state index is 0.214. The molecule has 0 radical (unpaired) electrons. The lowest BCUT2D eigenvalue weighted by molar-refractivity contribution is 0.0515. The second-order valence-electron chi connectivity index (χ2n) is 6.95. The van der Waals surface area contributed by atoms with Gasteiger partial charge < -0.3 is 19.5 Å². The van der Waals surface area contributed by atoms with Gasteiger partial charge >= 0.3 is 5.97 Å². The number of hydrogen-bond acceptors (Lipinski definition) is 4. The molecule has 0 saturated carbocycles. The van der Waals surface area contributed by atoms with Crippen molar-refractivity contribution < 1.29 is 14.3 Å². The second-order valence-corrected chi connectivity index (χ2v) is 7.70. The molecule has 1 heterocycles. The van der Waals surface area contributed by atoms with E-state index in [0.717, 1.165) is 16.6 Å². The van der Waals surface area contributed by atoms with E-state index in [2.05, 4.69) is 10.2 Å². The van der Waals surface area contributed by atoms with Crippen LogP contribution in [0.15, 0.2) is 48.5 Å². The first-order valence-corrected chi connectivity index (χ1v) is 11.1. The van der Waals surface area contributed by atoms with Crippen molar-refractivity contribution in [3.8, 4) is 0 Å². The Morgan fingerprint density at radius 1 is 1.03 bits per heavy atom. The first-order valence-electron chi connectivity index (χ1n) is 10.0. The van der Waals surface area contributed by atoms with E-state index in [1.54, 1.807) is 29.7 Å². The number of carbonyl (C=O) groups is 2. The molecule has 0 atom stereocenters. The highest BCUT2D eigenvalue weighted by atomic mass is 35.5. The van der Waals surface area contributed by atoms with Crippen LogP contribution >= 0.6 is 23.2 Å². The van der Waals surface area contributed by atoms with E-state index in [0.29, 0.717) is 48.4 Å². The van der Waals surface area contributed by atoms with Gasteiger partial charge in [0.1, 0.15) is 5.69 Å². The number of benzene rings is 2. The number of nitrogens with zero attached hydrogens (tertiary/aromatic N) is 2. The molecular formula is C23H25Cl2N3O3. The number of anilines is 2. The molecule has 0 saturated heterocycles. The van der Waals surface area contributed by atoms with Gasteiger partial charge in [-0.1, -0.05) is 0 Å². The summed E-state index contributed by atoms with van der Waals surface area (Å²) in [4.78, 5) is 26.9. The molecule has 3 aromatic rings. The van der Waals surface area contributed by atoms with Crippen molar-refractivity contribution in [3.05, 3.63) is 59.8 Å². The number of carbonyl (C=O) groups excluding carboxylic acids is 2. The fourth-order valence-corrected chi connectivity index (χ4v) is 3.84. The van der Waals surface area contributed by atoms with Gasteiger partial charge in [0.25, 0.3) is 5.91 Å². The molecule has 8 heteroatoms. The zero-order chi connectivity index (χ0) is 22.4. The molecule has 1 N–H and O–H groups in total. The van der Waals surface area contributed by atoms with Crippen molar-refractivity contribution in [1.82, 2.24) is 4.57 Å². The highest BCUT2D eigenvalue weighted by molar-refractivity contribution is 6.18. The Bertz CT molecular complexity index is 1060. The van der Waals surface area contributed by atoms with Gasteiger partial charge in [-0.2, -0.15) is 0 Å². The summed E-state index contributed by atoms with van der Waals surface area (Å²) in [5.41, 5.74) is 3.50. The molecule has 0 aliphatic rings. The van der Waals surface area contributed by atoms with E-state index in [9.17, 15) is 9.59 Å². The third-order valence-electron chi connectivity index (χ3n) is 4.99. The molecular weight excluding hydrogens is 437 g/mol. The molecule has 6 nitrogen and oxygen atoms in total. The summed E-state index contributed by atoms with van der Waals surface area (Å²) >= 11 is 11.7. The van der Waals surface area contributed by atoms with E-state index in [1.165, 1.54) is 0 Å². The van der Waals surface area contributed by atoms with Crippen LogP contribution in [-0.4, -0.2) is 47.9 Å². The van der Waals surface area contributed by atoms with Crippen LogP contribution in [0.3, 0.4) is 0 Å². The molecule has 3 rings (SSSR count). The fourth-order valence-electron chi connectivity index (χ4n) is 3.43. The van der Waals surface area contributed by atoms with Crippen LogP contribution in [0.2, 0.25) is 0 Å². The molecule has 1 aromatic heterocycles. The topological polar surface area (TPSA) is 63.6 Å². The highest BCUT2D eigenvalue weighted by Crippen LogP contribution is 2.24. The van der Waals surface area contributed by atoms with E-state index < -0.39 is 0 Å². The average molecular weight is 462 g/mol. The van der Waals surface area contributed by atoms with Gasteiger partial charge in [-0.05, 0) is 55.5 Å². The zero-order valence-corrected chi connectivity index (χ0v) is 19.0. The molecule has 0 aliphatic carbocycles. The first kappa shape index (κ1) is 23.0. The second kappa shape index (κ2) is 10.6. The maximum atomic E-state index is 12.7. The van der Waals surface area contributed by atoms with E-state index in [1.807, 2.05) is 37.4 Å². The zero-order valence-electron chi connectivity index (χ0n) is 17.5. The summed E-state index contributed by atoms with van der Waals surface area (Å²) in [5.74, 6) is 0.413. The lowest BCUT2D eigenvalue weighted by Gasteiger charge is -2.22. The number of hydrogen-bond donors (Lipinski definition) is 1. The Morgan fingerprint density at radius 2 is 1.71 bits per heavy atom. The van der Waals surface area contributed by atoms with Crippen LogP contribution in [0.5, 0.6) is 0 Å². The van der Waals surface area contributed by atoms with Crippen LogP contribution in [-0.2, 0) is 11.8 Å². The molecule has 2 aromatic carbocycles. The van der Waals surface area contributed by atoms with Crippen LogP contribution in [0, 0.1) is 0 Å². The Morgan fingerprint density at radius 3 is 2.32 bits per heavy atom. The van der Waals surface area contributed by atoms with E-state index in [-0.39, 0.29) is 11.9 Å². The van der Waals surface area contributed by atoms with Gasteiger partial charge in [-0.15, -0.1) is 23.2 Å². The fraction of sp³-hybridized carbons (Fsp3) is 0.304. The van der Waals surface area contributed by atoms with Crippen molar-refractivity contribution in [2.45, 2.75) is 6.92 Å². The number of ether oxygens (including phenoxy) is 1. The van der Waals surface area contributed by atoms with Crippen molar-refractivity contribution >= 4 is 57.4 Å². The molecule has 164 valence electrons. The molecule has 0 fully saturated rings. The summed E-state index contributed by atoms with van der Waals surface area (Å²) in [6.45, 7) is 3.46. The highest BCUT2D eigenvalue weighted by Gasteiger charge is 2.15. The maximum absolute atomic E-state index is 12.7. The number of alkyl halides is 2. The Kier molecular flexibility index (Phi) is 7.82. The minimum Gasteiger partial charge on any atom is -0.461 e. The maximum Gasteiger partial charge on any atom is 0.354 e. The van der Waals surface area contributed by atoms with Crippen LogP contribution in [0.1, 0.15) is 27.8 Å². The van der Waals surface area contributed by atoms with Gasteiger partial charge in [0.2, 0.25) is 0 Å². The first-order chi connectivity index (χ1) is 15.0. The van der Waals surface area contributed by atoms with Gasteiger partial charge in [0, 0.05) is 59.7 Å². The monoisotopic (exact) mass is 461 g/mol. The van der Waals surface area contributed by atoms with E-state index in [4.69, 9.17) is 27.9 Å². The summed E-state index contributed by atoms with van der Waals surface area (Å²) in [6.07, 6.45) is 0. The third kappa shape index (κ3) is 5.32. The van der Waals surface area contributed by atoms with Crippen LogP contribution in [0.25, 0.3) is 10.9 Å². The Hall–Kier alpha value is -2.70. The molecule has 0 spiro atoms. The normalized spacial score (nSPS) is 10.8. The van der Waals surface area contributed by atoms with Gasteiger partial charge in [-0.3, -0.25) is 4.79 Å². The molecule has 31 heavy (non-hydrogen) atoms. The number of fused-ring (bicyclic) bond motifs is 1. The van der Waals surface area contributed by atoms with Crippen LogP contribution in [0.4, 0.5) is 11.4 Å². The van der Waals surface area contributed by atoms with Gasteiger partial charge in [0.15, 0.2) is 0 Å². The summed E-state index contributed by atoms with van der Waals surface area (Å²) in [5, 5.41) is 3.76. The van der Waals surface area contributed by atoms with E-state index >= 15 is 0 Å². The number of rotatable bonds is 9. The Balaban J connectivity index is 1.76. The van der Waals surface area contributed by atoms with Crippen molar-refractivity contribution in [2.75, 3.05) is 41.7 Å². The largest absolute Gasteiger partial charge is 0.461 e. The SMILES string of the molecule is CCOC(=O)c1cc2cc(NC(=O)c3ccc(N(CCCl)CCCl)cc3)ccc2n1C. The Labute approximate surface area is 191 Å². The third-order valence-corrected chi connectivity index (χ3v) is 5.33. The molecule has 1 amide bonds. The summed E-state index contributed by atoms with van der Waals surface area (Å²) in [6, 6.07) is 14.6. The lowest BCUT2D eigenvalue weighted by atomic mass is 10.1. The number of aromatic nitrogens is 1. The predicted molar refractivity (Wildman–Crippen MR) is 127 cm³/mol. The molecule has 0 aliphatic heterocycles. The minimum atomic E-state index is -0.371. The molecule has 0 bridgehead atoms. The molecule has 0 unspecified atom stereocenters. The summed E-state index contributed by atoms with van der Waals surface area (Å²) < 4.78 is 6.88. The van der Waals surface area contributed by atoms with Gasteiger partial charge in [-0.25, -0.2) is 4.79 Å². The number of amides is 1. The number of nitrogens with one attached hydrogen (secondary N) is 1. The van der Waals surface area contributed by atoms with Crippen LogP contribution < -0.4 is 10.2 Å². The van der Waals surface area contributed by atoms with Crippen molar-refractivity contribution in [2.24, 2.45) is 7.05 Å². The quantitative estimate of drug-likeness (QED) is 0.363.